The number of carboxylic acid groups (broad SMARTS) is 1. The van der Waals surface area contributed by atoms with Gasteiger partial charge in [0, 0.05) is 31.4 Å². The van der Waals surface area contributed by atoms with Crippen molar-refractivity contribution in [3.05, 3.63) is 18.2 Å². The lowest BCUT2D eigenvalue weighted by Gasteiger charge is -2.25. The van der Waals surface area contributed by atoms with Gasteiger partial charge >= 0.3 is 5.97 Å². The Morgan fingerprint density at radius 3 is 1.76 bits per heavy atom. The van der Waals surface area contributed by atoms with Gasteiger partial charge in [-0.25, -0.2) is 9.78 Å². The Morgan fingerprint density at radius 1 is 0.810 bits per heavy atom. The average molecular weight is 596 g/mol. The first-order valence-electron chi connectivity index (χ1n) is 13.6. The maximum atomic E-state index is 13.4. The van der Waals surface area contributed by atoms with Crippen LogP contribution in [0.2, 0.25) is 0 Å². The van der Waals surface area contributed by atoms with E-state index in [0.29, 0.717) is 31.5 Å². The van der Waals surface area contributed by atoms with Crippen LogP contribution in [0.25, 0.3) is 0 Å². The zero-order chi connectivity index (χ0) is 31.5. The number of carbonyl (C=O) groups excluding carboxylic acids is 3. The van der Waals surface area contributed by atoms with E-state index in [1.165, 1.54) is 12.5 Å². The van der Waals surface area contributed by atoms with E-state index in [1.807, 2.05) is 0 Å². The highest BCUT2D eigenvalue weighted by Crippen LogP contribution is 2.07. The number of hydrogen-bond donors (Lipinski definition) is 11. The van der Waals surface area contributed by atoms with Gasteiger partial charge < -0.3 is 60.4 Å². The molecule has 0 bridgehead atoms. The second-order valence-electron chi connectivity index (χ2n) is 9.59. The van der Waals surface area contributed by atoms with Crippen molar-refractivity contribution in [2.75, 3.05) is 19.6 Å². The zero-order valence-electron chi connectivity index (χ0n) is 23.6. The summed E-state index contributed by atoms with van der Waals surface area (Å²) < 4.78 is 0. The van der Waals surface area contributed by atoms with E-state index in [1.54, 1.807) is 0 Å². The molecule has 0 aliphatic carbocycles. The first-order valence-corrected chi connectivity index (χ1v) is 13.6. The van der Waals surface area contributed by atoms with Gasteiger partial charge in [0.2, 0.25) is 17.7 Å². The Labute approximate surface area is 243 Å². The van der Waals surface area contributed by atoms with E-state index in [2.05, 4.69) is 35.9 Å². The zero-order valence-corrected chi connectivity index (χ0v) is 23.6. The molecule has 0 fully saturated rings. The topological polar surface area (TPSA) is 334 Å². The van der Waals surface area contributed by atoms with Crippen molar-refractivity contribution in [2.24, 2.45) is 44.4 Å². The fourth-order valence-corrected chi connectivity index (χ4v) is 3.84. The van der Waals surface area contributed by atoms with Gasteiger partial charge in [0.05, 0.1) is 12.4 Å². The first-order chi connectivity index (χ1) is 19.9. The molecule has 0 aromatic carbocycles. The lowest BCUT2D eigenvalue weighted by molar-refractivity contribution is -0.142. The van der Waals surface area contributed by atoms with Crippen LogP contribution in [0, 0.1) is 0 Å². The van der Waals surface area contributed by atoms with Gasteiger partial charge in [0.25, 0.3) is 0 Å². The molecule has 4 atom stereocenters. The van der Waals surface area contributed by atoms with Gasteiger partial charge in [-0.2, -0.15) is 0 Å². The minimum Gasteiger partial charge on any atom is -0.480 e. The van der Waals surface area contributed by atoms with Crippen molar-refractivity contribution in [3.8, 4) is 0 Å². The Bertz CT molecular complexity index is 1040. The Morgan fingerprint density at radius 2 is 1.31 bits per heavy atom. The summed E-state index contributed by atoms with van der Waals surface area (Å²) >= 11 is 0. The number of rotatable bonds is 21. The van der Waals surface area contributed by atoms with E-state index < -0.39 is 47.9 Å². The van der Waals surface area contributed by atoms with Crippen molar-refractivity contribution in [2.45, 2.75) is 75.5 Å². The van der Waals surface area contributed by atoms with Crippen molar-refractivity contribution in [1.82, 2.24) is 25.9 Å². The number of aromatic amines is 1. The number of unbranched alkanes of at least 4 members (excludes halogenated alkanes) is 1. The molecule has 0 saturated carbocycles. The third kappa shape index (κ3) is 14.8. The summed E-state index contributed by atoms with van der Waals surface area (Å²) in [5.74, 6) is -3.48. The number of amides is 3. The summed E-state index contributed by atoms with van der Waals surface area (Å²) in [6.07, 6.45) is 5.15. The number of carbonyl (C=O) groups is 4. The number of nitrogens with one attached hydrogen (secondary N) is 4. The molecule has 0 saturated heterocycles. The van der Waals surface area contributed by atoms with Crippen LogP contribution in [-0.2, 0) is 25.6 Å². The number of aliphatic imine (C=N–C) groups is 2. The molecule has 18 heteroatoms. The molecule has 42 heavy (non-hydrogen) atoms. The smallest absolute Gasteiger partial charge is 0.326 e. The number of guanidine groups is 2. The molecule has 0 aliphatic heterocycles. The van der Waals surface area contributed by atoms with Crippen LogP contribution in [0.1, 0.15) is 50.6 Å². The van der Waals surface area contributed by atoms with Crippen LogP contribution in [0.3, 0.4) is 0 Å². The van der Waals surface area contributed by atoms with Crippen LogP contribution in [-0.4, -0.2) is 94.5 Å². The third-order valence-corrected chi connectivity index (χ3v) is 6.05. The number of nitrogens with zero attached hydrogens (tertiary/aromatic N) is 3. The Kier molecular flexibility index (Phi) is 16.6. The van der Waals surface area contributed by atoms with Gasteiger partial charge in [-0.3, -0.25) is 24.4 Å². The highest BCUT2D eigenvalue weighted by Gasteiger charge is 2.30. The Balaban J connectivity index is 3.06. The number of nitrogens with two attached hydrogens (primary N) is 6. The maximum Gasteiger partial charge on any atom is 0.326 e. The van der Waals surface area contributed by atoms with Gasteiger partial charge in [0.1, 0.15) is 18.1 Å². The van der Waals surface area contributed by atoms with E-state index in [9.17, 15) is 24.3 Å². The molecule has 17 N–H and O–H groups in total. The average Bonchev–Trinajstić information content (AvgIpc) is 3.43. The lowest BCUT2D eigenvalue weighted by atomic mass is 10.0. The summed E-state index contributed by atoms with van der Waals surface area (Å²) in [5, 5.41) is 17.3. The predicted molar refractivity (Wildman–Crippen MR) is 156 cm³/mol. The van der Waals surface area contributed by atoms with E-state index in [0.717, 1.165) is 0 Å². The van der Waals surface area contributed by atoms with Gasteiger partial charge in [-0.1, -0.05) is 0 Å². The second kappa shape index (κ2) is 19.6. The largest absolute Gasteiger partial charge is 0.480 e. The molecule has 1 rings (SSSR count). The van der Waals surface area contributed by atoms with Gasteiger partial charge in [-0.15, -0.1) is 0 Å². The summed E-state index contributed by atoms with van der Waals surface area (Å²) in [6, 6.07) is -4.44. The highest BCUT2D eigenvalue weighted by molar-refractivity contribution is 5.94. The van der Waals surface area contributed by atoms with Crippen LogP contribution < -0.4 is 50.4 Å². The third-order valence-electron chi connectivity index (χ3n) is 6.05. The van der Waals surface area contributed by atoms with E-state index >= 15 is 0 Å². The van der Waals surface area contributed by atoms with Gasteiger partial charge in [0.15, 0.2) is 11.9 Å². The molecule has 0 radical (unpaired) electrons. The highest BCUT2D eigenvalue weighted by atomic mass is 16.4. The van der Waals surface area contributed by atoms with Crippen molar-refractivity contribution in [1.29, 1.82) is 0 Å². The number of imidazole rings is 1. The lowest BCUT2D eigenvalue weighted by Crippen LogP contribution is -2.57. The standard InChI is InChI=1S/C24H45N13O5/c25-8-2-1-5-18(22(41)42)37-21(40)17(7-4-10-33-24(29)30)36-20(39)16(6-3-9-32-23(27)28)35-19(38)15(26)11-14-12-31-13-34-14/h12-13,15-18H,1-11,25-26H2,(H,31,34)(H,35,38)(H,36,39)(H,37,40)(H,41,42)(H4,27,28,32)(H4,29,30,33). The van der Waals surface area contributed by atoms with Crippen LogP contribution >= 0.6 is 0 Å². The number of carboxylic acids is 1. The van der Waals surface area contributed by atoms with E-state index in [4.69, 9.17) is 34.4 Å². The number of aromatic nitrogens is 2. The van der Waals surface area contributed by atoms with Crippen molar-refractivity contribution >= 4 is 35.6 Å². The molecule has 1 aromatic rings. The van der Waals surface area contributed by atoms with Crippen LogP contribution in [0.4, 0.5) is 0 Å². The summed E-state index contributed by atoms with van der Waals surface area (Å²) in [4.78, 5) is 65.6. The van der Waals surface area contributed by atoms with Crippen molar-refractivity contribution < 1.29 is 24.3 Å². The Hall–Kier alpha value is -4.45. The monoisotopic (exact) mass is 595 g/mol. The number of hydrogen-bond acceptors (Lipinski definition) is 9. The maximum absolute atomic E-state index is 13.4. The van der Waals surface area contributed by atoms with E-state index in [-0.39, 0.29) is 57.1 Å². The molecule has 3 amide bonds. The number of H-pyrrole nitrogens is 1. The molecule has 4 unspecified atom stereocenters. The van der Waals surface area contributed by atoms with Crippen molar-refractivity contribution in [3.63, 3.8) is 0 Å². The predicted octanol–water partition coefficient (Wildman–Crippen LogP) is -3.95. The summed E-state index contributed by atoms with van der Waals surface area (Å²) in [5.41, 5.74) is 33.6. The van der Waals surface area contributed by atoms with Gasteiger partial charge in [-0.05, 0) is 51.5 Å². The first kappa shape index (κ1) is 35.6. The van der Waals surface area contributed by atoms with Crippen LogP contribution in [0.5, 0.6) is 0 Å². The normalized spacial score (nSPS) is 13.6. The molecular formula is C24H45N13O5. The quantitative estimate of drug-likeness (QED) is 0.0368. The molecular weight excluding hydrogens is 550 g/mol. The molecule has 0 spiro atoms. The molecule has 1 aromatic heterocycles. The fraction of sp³-hybridized carbons (Fsp3) is 0.625. The summed E-state index contributed by atoms with van der Waals surface area (Å²) in [6.45, 7) is 0.737. The molecule has 0 aliphatic rings. The summed E-state index contributed by atoms with van der Waals surface area (Å²) in [7, 11) is 0. The molecule has 236 valence electrons. The molecule has 1 heterocycles. The SMILES string of the molecule is NCCCCC(NC(=O)C(CCCN=C(N)N)NC(=O)C(CCCN=C(N)N)NC(=O)C(N)Cc1cnc[nH]1)C(=O)O. The fourth-order valence-electron chi connectivity index (χ4n) is 3.84. The minimum atomic E-state index is -1.22. The number of aliphatic carboxylic acids is 1. The molecule has 18 nitrogen and oxygen atoms in total. The minimum absolute atomic E-state index is 0.0809. The van der Waals surface area contributed by atoms with Crippen LogP contribution in [0.15, 0.2) is 22.5 Å². The second-order valence-corrected chi connectivity index (χ2v) is 9.59.